The van der Waals surface area contributed by atoms with Crippen LogP contribution in [0.25, 0.3) is 0 Å². The summed E-state index contributed by atoms with van der Waals surface area (Å²) >= 11 is 0. The summed E-state index contributed by atoms with van der Waals surface area (Å²) in [5, 5.41) is 3.41. The van der Waals surface area contributed by atoms with Crippen molar-refractivity contribution in [3.05, 3.63) is 0 Å². The summed E-state index contributed by atoms with van der Waals surface area (Å²) < 4.78 is 5.25. The summed E-state index contributed by atoms with van der Waals surface area (Å²) in [6, 6.07) is 0.612. The van der Waals surface area contributed by atoms with Crippen molar-refractivity contribution >= 4 is 0 Å². The second-order valence-corrected chi connectivity index (χ2v) is 3.29. The second-order valence-electron chi connectivity index (χ2n) is 3.29. The van der Waals surface area contributed by atoms with Crippen molar-refractivity contribution in [3.8, 4) is 0 Å². The molecule has 1 N–H and O–H groups in total. The molecule has 0 aromatic heterocycles. The molecule has 2 nitrogen and oxygen atoms in total. The molecular weight excluding hydrogens is 126 g/mol. The maximum Gasteiger partial charge on any atom is 0.0507 e. The fourth-order valence-electron chi connectivity index (χ4n) is 1.15. The standard InChI is InChI=1S/C8H17NO/c1-7(2)9-5-8-3-4-10-6-8/h7-9H,3-6H2,1-2H3. The van der Waals surface area contributed by atoms with Gasteiger partial charge in [0.15, 0.2) is 0 Å². The van der Waals surface area contributed by atoms with Crippen LogP contribution in [0.2, 0.25) is 0 Å². The van der Waals surface area contributed by atoms with Gasteiger partial charge in [0.05, 0.1) is 6.61 Å². The van der Waals surface area contributed by atoms with E-state index in [4.69, 9.17) is 4.74 Å². The lowest BCUT2D eigenvalue weighted by atomic mass is 10.1. The third-order valence-corrected chi connectivity index (χ3v) is 1.84. The topological polar surface area (TPSA) is 21.3 Å². The Morgan fingerprint density at radius 3 is 2.90 bits per heavy atom. The number of rotatable bonds is 3. The highest BCUT2D eigenvalue weighted by molar-refractivity contribution is 4.67. The fraction of sp³-hybridized carbons (Fsp3) is 1.00. The zero-order valence-electron chi connectivity index (χ0n) is 6.89. The third-order valence-electron chi connectivity index (χ3n) is 1.84. The van der Waals surface area contributed by atoms with Crippen LogP contribution in [0.4, 0.5) is 0 Å². The van der Waals surface area contributed by atoms with E-state index in [-0.39, 0.29) is 0 Å². The zero-order valence-corrected chi connectivity index (χ0v) is 6.89. The molecule has 0 aromatic carbocycles. The predicted molar refractivity (Wildman–Crippen MR) is 42.1 cm³/mol. The number of hydrogen-bond donors (Lipinski definition) is 1. The van der Waals surface area contributed by atoms with Gasteiger partial charge in [0.25, 0.3) is 0 Å². The first-order valence-corrected chi connectivity index (χ1v) is 4.10. The molecule has 0 bridgehead atoms. The van der Waals surface area contributed by atoms with E-state index in [1.54, 1.807) is 0 Å². The number of nitrogens with one attached hydrogen (secondary N) is 1. The average Bonchev–Trinajstić information content (AvgIpc) is 2.34. The minimum Gasteiger partial charge on any atom is -0.381 e. The minimum absolute atomic E-state index is 0.612. The van der Waals surface area contributed by atoms with Gasteiger partial charge in [-0.1, -0.05) is 13.8 Å². The molecule has 0 saturated carbocycles. The van der Waals surface area contributed by atoms with Gasteiger partial charge >= 0.3 is 0 Å². The molecule has 1 atom stereocenters. The van der Waals surface area contributed by atoms with Crippen LogP contribution in [0.3, 0.4) is 0 Å². The van der Waals surface area contributed by atoms with Crippen LogP contribution >= 0.6 is 0 Å². The van der Waals surface area contributed by atoms with Gasteiger partial charge in [-0.3, -0.25) is 0 Å². The molecule has 10 heavy (non-hydrogen) atoms. The minimum atomic E-state index is 0.612. The van der Waals surface area contributed by atoms with Gasteiger partial charge < -0.3 is 10.1 Å². The summed E-state index contributed by atoms with van der Waals surface area (Å²) in [5.74, 6) is 0.766. The van der Waals surface area contributed by atoms with Crippen molar-refractivity contribution in [2.24, 2.45) is 5.92 Å². The monoisotopic (exact) mass is 143 g/mol. The van der Waals surface area contributed by atoms with Gasteiger partial charge in [-0.25, -0.2) is 0 Å². The van der Waals surface area contributed by atoms with Gasteiger partial charge in [-0.2, -0.15) is 0 Å². The van der Waals surface area contributed by atoms with Gasteiger partial charge in [0.1, 0.15) is 0 Å². The van der Waals surface area contributed by atoms with Crippen molar-refractivity contribution in [1.29, 1.82) is 0 Å². The van der Waals surface area contributed by atoms with Gasteiger partial charge in [-0.05, 0) is 12.3 Å². The number of hydrogen-bond acceptors (Lipinski definition) is 2. The molecule has 1 saturated heterocycles. The largest absolute Gasteiger partial charge is 0.381 e. The van der Waals surface area contributed by atoms with Crippen molar-refractivity contribution in [3.63, 3.8) is 0 Å². The van der Waals surface area contributed by atoms with Gasteiger partial charge in [-0.15, -0.1) is 0 Å². The Balaban J connectivity index is 2.01. The van der Waals surface area contributed by atoms with Crippen LogP contribution < -0.4 is 5.32 Å². The molecule has 0 aliphatic carbocycles. The van der Waals surface area contributed by atoms with Crippen molar-refractivity contribution in [2.45, 2.75) is 26.3 Å². The maximum absolute atomic E-state index is 5.25. The van der Waals surface area contributed by atoms with E-state index in [0.29, 0.717) is 6.04 Å². The van der Waals surface area contributed by atoms with Crippen LogP contribution in [0.15, 0.2) is 0 Å². The van der Waals surface area contributed by atoms with Crippen LogP contribution in [0.5, 0.6) is 0 Å². The Labute approximate surface area is 63.0 Å². The van der Waals surface area contributed by atoms with E-state index in [1.807, 2.05) is 0 Å². The van der Waals surface area contributed by atoms with E-state index in [2.05, 4.69) is 19.2 Å². The van der Waals surface area contributed by atoms with E-state index >= 15 is 0 Å². The number of ether oxygens (including phenoxy) is 1. The highest BCUT2D eigenvalue weighted by Gasteiger charge is 2.14. The average molecular weight is 143 g/mol. The predicted octanol–water partition coefficient (Wildman–Crippen LogP) is 1.02. The molecule has 1 fully saturated rings. The lowest BCUT2D eigenvalue weighted by Crippen LogP contribution is -2.29. The molecule has 1 rings (SSSR count). The van der Waals surface area contributed by atoms with Gasteiger partial charge in [0, 0.05) is 19.2 Å². The summed E-state index contributed by atoms with van der Waals surface area (Å²) in [5.41, 5.74) is 0. The quantitative estimate of drug-likeness (QED) is 0.637. The maximum atomic E-state index is 5.25. The highest BCUT2D eigenvalue weighted by Crippen LogP contribution is 2.10. The molecule has 0 radical (unpaired) electrons. The molecule has 2 heteroatoms. The van der Waals surface area contributed by atoms with E-state index in [9.17, 15) is 0 Å². The van der Waals surface area contributed by atoms with E-state index in [0.717, 1.165) is 25.7 Å². The Kier molecular flexibility index (Phi) is 3.16. The van der Waals surface area contributed by atoms with Crippen molar-refractivity contribution in [2.75, 3.05) is 19.8 Å². The molecular formula is C8H17NO. The first kappa shape index (κ1) is 8.02. The molecule has 1 unspecified atom stereocenters. The normalized spacial score (nSPS) is 26.1. The zero-order chi connectivity index (χ0) is 7.40. The SMILES string of the molecule is CC(C)NCC1CCOC1. The molecule has 0 amide bonds. The summed E-state index contributed by atoms with van der Waals surface area (Å²) in [6.07, 6.45) is 1.24. The van der Waals surface area contributed by atoms with E-state index in [1.165, 1.54) is 6.42 Å². The smallest absolute Gasteiger partial charge is 0.0507 e. The first-order valence-electron chi connectivity index (χ1n) is 4.10. The van der Waals surface area contributed by atoms with Crippen LogP contribution in [0, 0.1) is 5.92 Å². The second kappa shape index (κ2) is 3.94. The van der Waals surface area contributed by atoms with E-state index < -0.39 is 0 Å². The molecule has 0 aromatic rings. The van der Waals surface area contributed by atoms with Crippen LogP contribution in [0.1, 0.15) is 20.3 Å². The summed E-state index contributed by atoms with van der Waals surface area (Å²) in [7, 11) is 0. The molecule has 0 spiro atoms. The van der Waals surface area contributed by atoms with Crippen LogP contribution in [-0.2, 0) is 4.74 Å². The Hall–Kier alpha value is -0.0800. The van der Waals surface area contributed by atoms with Crippen LogP contribution in [-0.4, -0.2) is 25.8 Å². The fourth-order valence-corrected chi connectivity index (χ4v) is 1.15. The summed E-state index contributed by atoms with van der Waals surface area (Å²) in [6.45, 7) is 7.40. The van der Waals surface area contributed by atoms with Crippen molar-refractivity contribution < 1.29 is 4.74 Å². The molecule has 1 aliphatic rings. The highest BCUT2D eigenvalue weighted by atomic mass is 16.5. The molecule has 1 heterocycles. The third kappa shape index (κ3) is 2.67. The Morgan fingerprint density at radius 1 is 1.60 bits per heavy atom. The van der Waals surface area contributed by atoms with Gasteiger partial charge in [0.2, 0.25) is 0 Å². The molecule has 60 valence electrons. The lowest BCUT2D eigenvalue weighted by molar-refractivity contribution is 0.185. The lowest BCUT2D eigenvalue weighted by Gasteiger charge is -2.11. The Bertz CT molecular complexity index is 87.3. The Morgan fingerprint density at radius 2 is 2.40 bits per heavy atom. The summed E-state index contributed by atoms with van der Waals surface area (Å²) in [4.78, 5) is 0. The first-order chi connectivity index (χ1) is 4.79. The van der Waals surface area contributed by atoms with Crippen molar-refractivity contribution in [1.82, 2.24) is 5.32 Å². The molecule has 1 aliphatic heterocycles.